The highest BCUT2D eigenvalue weighted by Crippen LogP contribution is 2.23. The maximum absolute atomic E-state index is 11.3. The van der Waals surface area contributed by atoms with Crippen LogP contribution in [0.15, 0.2) is 12.3 Å². The SMILES string of the molecule is CNc1nccc(N2CCCC2C(N)=O)n1. The maximum atomic E-state index is 11.3. The minimum absolute atomic E-state index is 0.236. The van der Waals surface area contributed by atoms with Crippen LogP contribution in [0, 0.1) is 0 Å². The second kappa shape index (κ2) is 4.34. The Balaban J connectivity index is 2.25. The van der Waals surface area contributed by atoms with Gasteiger partial charge in [-0.05, 0) is 18.9 Å². The number of carbonyl (C=O) groups is 1. The molecule has 0 saturated carbocycles. The van der Waals surface area contributed by atoms with Crippen molar-refractivity contribution >= 4 is 17.7 Å². The Kier molecular flexibility index (Phi) is 2.89. The van der Waals surface area contributed by atoms with E-state index in [1.54, 1.807) is 19.3 Å². The smallest absolute Gasteiger partial charge is 0.240 e. The fourth-order valence-corrected chi connectivity index (χ4v) is 1.97. The van der Waals surface area contributed by atoms with Gasteiger partial charge >= 0.3 is 0 Å². The van der Waals surface area contributed by atoms with Gasteiger partial charge in [0.05, 0.1) is 0 Å². The minimum Gasteiger partial charge on any atom is -0.368 e. The highest BCUT2D eigenvalue weighted by atomic mass is 16.1. The predicted molar refractivity (Wildman–Crippen MR) is 61.1 cm³/mol. The molecule has 2 heterocycles. The first-order chi connectivity index (χ1) is 7.72. The van der Waals surface area contributed by atoms with Crippen molar-refractivity contribution in [2.45, 2.75) is 18.9 Å². The third-order valence-electron chi connectivity index (χ3n) is 2.74. The van der Waals surface area contributed by atoms with Crippen molar-refractivity contribution in [2.24, 2.45) is 5.73 Å². The van der Waals surface area contributed by atoms with Gasteiger partial charge in [-0.1, -0.05) is 0 Å². The molecule has 0 bridgehead atoms. The molecule has 1 atom stereocenters. The molecule has 1 amide bonds. The van der Waals surface area contributed by atoms with Gasteiger partial charge in [-0.15, -0.1) is 0 Å². The van der Waals surface area contributed by atoms with Crippen molar-refractivity contribution in [2.75, 3.05) is 23.8 Å². The van der Waals surface area contributed by atoms with E-state index in [4.69, 9.17) is 5.73 Å². The van der Waals surface area contributed by atoms with Gasteiger partial charge in [-0.25, -0.2) is 4.98 Å². The molecule has 1 aromatic heterocycles. The summed E-state index contributed by atoms with van der Waals surface area (Å²) in [5.74, 6) is 1.01. The third kappa shape index (κ3) is 1.91. The first kappa shape index (κ1) is 10.7. The van der Waals surface area contributed by atoms with Crippen LogP contribution in [-0.4, -0.2) is 35.5 Å². The number of hydrogen-bond donors (Lipinski definition) is 2. The van der Waals surface area contributed by atoms with Crippen LogP contribution in [-0.2, 0) is 4.79 Å². The van der Waals surface area contributed by atoms with Gasteiger partial charge in [-0.3, -0.25) is 4.79 Å². The Hall–Kier alpha value is -1.85. The molecule has 0 spiro atoms. The molecular weight excluding hydrogens is 206 g/mol. The van der Waals surface area contributed by atoms with E-state index < -0.39 is 0 Å². The van der Waals surface area contributed by atoms with Gasteiger partial charge in [0.1, 0.15) is 11.9 Å². The van der Waals surface area contributed by atoms with Gasteiger partial charge in [0.2, 0.25) is 11.9 Å². The van der Waals surface area contributed by atoms with Crippen LogP contribution in [0.2, 0.25) is 0 Å². The second-order valence-corrected chi connectivity index (χ2v) is 3.74. The van der Waals surface area contributed by atoms with Crippen molar-refractivity contribution in [1.82, 2.24) is 9.97 Å². The van der Waals surface area contributed by atoms with Crippen molar-refractivity contribution in [1.29, 1.82) is 0 Å². The Bertz CT molecular complexity index is 395. The molecule has 1 aromatic rings. The molecule has 1 fully saturated rings. The molecule has 1 saturated heterocycles. The van der Waals surface area contributed by atoms with Gasteiger partial charge in [0, 0.05) is 19.8 Å². The van der Waals surface area contributed by atoms with Crippen LogP contribution in [0.1, 0.15) is 12.8 Å². The third-order valence-corrected chi connectivity index (χ3v) is 2.74. The number of anilines is 2. The number of primary amides is 1. The standard InChI is InChI=1S/C10H15N5O/c1-12-10-13-5-4-8(14-10)15-6-2-3-7(15)9(11)16/h4-5,7H,2-3,6H2,1H3,(H2,11,16)(H,12,13,14). The Labute approximate surface area is 93.9 Å². The van der Waals surface area contributed by atoms with Crippen LogP contribution in [0.25, 0.3) is 0 Å². The molecule has 1 aliphatic heterocycles. The van der Waals surface area contributed by atoms with Crippen LogP contribution >= 0.6 is 0 Å². The summed E-state index contributed by atoms with van der Waals surface area (Å²) in [5.41, 5.74) is 5.36. The highest BCUT2D eigenvalue weighted by molar-refractivity contribution is 5.83. The molecule has 2 rings (SSSR count). The number of rotatable bonds is 3. The number of hydrogen-bond acceptors (Lipinski definition) is 5. The van der Waals surface area contributed by atoms with Crippen LogP contribution < -0.4 is 16.0 Å². The summed E-state index contributed by atoms with van der Waals surface area (Å²) < 4.78 is 0. The summed E-state index contributed by atoms with van der Waals surface area (Å²) in [6.07, 6.45) is 3.44. The number of carbonyl (C=O) groups excluding carboxylic acids is 1. The van der Waals surface area contributed by atoms with E-state index in [0.29, 0.717) is 5.95 Å². The lowest BCUT2D eigenvalue weighted by Crippen LogP contribution is -2.40. The maximum Gasteiger partial charge on any atom is 0.240 e. The topological polar surface area (TPSA) is 84.1 Å². The fourth-order valence-electron chi connectivity index (χ4n) is 1.97. The summed E-state index contributed by atoms with van der Waals surface area (Å²) >= 11 is 0. The summed E-state index contributed by atoms with van der Waals surface area (Å²) in [5, 5.41) is 2.87. The lowest BCUT2D eigenvalue weighted by molar-refractivity contribution is -0.119. The van der Waals surface area contributed by atoms with Crippen molar-refractivity contribution in [3.05, 3.63) is 12.3 Å². The van der Waals surface area contributed by atoms with E-state index in [1.807, 2.05) is 4.90 Å². The minimum atomic E-state index is -0.290. The lowest BCUT2D eigenvalue weighted by Gasteiger charge is -2.23. The number of nitrogens with zero attached hydrogens (tertiary/aromatic N) is 3. The molecule has 0 radical (unpaired) electrons. The molecule has 16 heavy (non-hydrogen) atoms. The zero-order valence-electron chi connectivity index (χ0n) is 9.18. The molecule has 0 aromatic carbocycles. The Morgan fingerprint density at radius 2 is 2.50 bits per heavy atom. The van der Waals surface area contributed by atoms with Crippen LogP contribution in [0.5, 0.6) is 0 Å². The molecule has 86 valence electrons. The first-order valence-corrected chi connectivity index (χ1v) is 5.29. The Morgan fingerprint density at radius 3 is 3.19 bits per heavy atom. The van der Waals surface area contributed by atoms with Crippen molar-refractivity contribution < 1.29 is 4.79 Å². The number of nitrogens with two attached hydrogens (primary N) is 1. The second-order valence-electron chi connectivity index (χ2n) is 3.74. The van der Waals surface area contributed by atoms with Crippen molar-refractivity contribution in [3.8, 4) is 0 Å². The molecule has 6 nitrogen and oxygen atoms in total. The zero-order valence-corrected chi connectivity index (χ0v) is 9.18. The molecule has 0 aliphatic carbocycles. The fraction of sp³-hybridized carbons (Fsp3) is 0.500. The molecule has 3 N–H and O–H groups in total. The lowest BCUT2D eigenvalue weighted by atomic mass is 10.2. The van der Waals surface area contributed by atoms with E-state index in [2.05, 4.69) is 15.3 Å². The van der Waals surface area contributed by atoms with Crippen LogP contribution in [0.4, 0.5) is 11.8 Å². The number of nitrogens with one attached hydrogen (secondary N) is 1. The van der Waals surface area contributed by atoms with E-state index in [0.717, 1.165) is 25.2 Å². The number of aromatic nitrogens is 2. The highest BCUT2D eigenvalue weighted by Gasteiger charge is 2.29. The van der Waals surface area contributed by atoms with E-state index in [9.17, 15) is 4.79 Å². The van der Waals surface area contributed by atoms with Gasteiger partial charge in [0.15, 0.2) is 0 Å². The molecule has 1 unspecified atom stereocenters. The summed E-state index contributed by atoms with van der Waals surface area (Å²) in [4.78, 5) is 21.5. The van der Waals surface area contributed by atoms with E-state index >= 15 is 0 Å². The van der Waals surface area contributed by atoms with Gasteiger partial charge < -0.3 is 16.0 Å². The largest absolute Gasteiger partial charge is 0.368 e. The van der Waals surface area contributed by atoms with E-state index in [-0.39, 0.29) is 11.9 Å². The van der Waals surface area contributed by atoms with Gasteiger partial charge in [-0.2, -0.15) is 4.98 Å². The summed E-state index contributed by atoms with van der Waals surface area (Å²) in [7, 11) is 1.76. The normalized spacial score (nSPS) is 19.8. The molecular formula is C10H15N5O. The monoisotopic (exact) mass is 221 g/mol. The predicted octanol–water partition coefficient (Wildman–Crippen LogP) is -0.0276. The summed E-state index contributed by atoms with van der Waals surface area (Å²) in [6, 6.07) is 1.56. The molecule has 1 aliphatic rings. The first-order valence-electron chi connectivity index (χ1n) is 5.29. The average Bonchev–Trinajstić information content (AvgIpc) is 2.78. The van der Waals surface area contributed by atoms with Crippen molar-refractivity contribution in [3.63, 3.8) is 0 Å². The number of amides is 1. The van der Waals surface area contributed by atoms with Crippen LogP contribution in [0.3, 0.4) is 0 Å². The Morgan fingerprint density at radius 1 is 1.69 bits per heavy atom. The molecule has 6 heteroatoms. The summed E-state index contributed by atoms with van der Waals surface area (Å²) in [6.45, 7) is 0.813. The van der Waals surface area contributed by atoms with Gasteiger partial charge in [0.25, 0.3) is 0 Å². The average molecular weight is 221 g/mol. The quantitative estimate of drug-likeness (QED) is 0.749. The zero-order chi connectivity index (χ0) is 11.5. The van der Waals surface area contributed by atoms with E-state index in [1.165, 1.54) is 0 Å².